The molecular weight excluding hydrogens is 250 g/mol. The topological polar surface area (TPSA) is 53.1 Å². The fraction of sp³-hybridized carbons (Fsp3) is 0.188. The number of rotatable bonds is 1. The molecule has 100 valence electrons. The molecule has 0 saturated heterocycles. The second-order valence-corrected chi connectivity index (χ2v) is 5.02. The lowest BCUT2D eigenvalue weighted by molar-refractivity contribution is 0.259. The van der Waals surface area contributed by atoms with Crippen molar-refractivity contribution in [3.8, 4) is 5.75 Å². The van der Waals surface area contributed by atoms with E-state index in [0.29, 0.717) is 12.6 Å². The number of nitrogen functional groups attached to an aromatic ring is 1. The average molecular weight is 265 g/mol. The molecule has 0 spiro atoms. The van der Waals surface area contributed by atoms with Gasteiger partial charge in [0.2, 0.25) is 5.95 Å². The fourth-order valence-electron chi connectivity index (χ4n) is 2.98. The molecule has 0 radical (unpaired) electrons. The molecule has 0 saturated carbocycles. The molecule has 4 rings (SSSR count). The number of imidazole rings is 1. The normalized spacial score (nSPS) is 17.7. The number of aromatic nitrogens is 2. The van der Waals surface area contributed by atoms with Crippen molar-refractivity contribution in [2.24, 2.45) is 0 Å². The minimum atomic E-state index is 0.187. The summed E-state index contributed by atoms with van der Waals surface area (Å²) < 4.78 is 7.85. The van der Waals surface area contributed by atoms with Gasteiger partial charge in [0.15, 0.2) is 0 Å². The maximum atomic E-state index is 6.15. The number of hydrogen-bond acceptors (Lipinski definition) is 3. The van der Waals surface area contributed by atoms with Crippen LogP contribution < -0.4 is 10.5 Å². The van der Waals surface area contributed by atoms with Crippen LogP contribution in [0.15, 0.2) is 48.5 Å². The summed E-state index contributed by atoms with van der Waals surface area (Å²) in [6.45, 7) is 0.702. The van der Waals surface area contributed by atoms with Crippen molar-refractivity contribution in [1.82, 2.24) is 9.55 Å². The Hall–Kier alpha value is -2.49. The Kier molecular flexibility index (Phi) is 2.42. The average Bonchev–Trinajstić information content (AvgIpc) is 2.82. The van der Waals surface area contributed by atoms with Crippen LogP contribution in [0.3, 0.4) is 0 Å². The van der Waals surface area contributed by atoms with Crippen molar-refractivity contribution in [1.29, 1.82) is 0 Å². The molecule has 4 nitrogen and oxygen atoms in total. The largest absolute Gasteiger partial charge is 0.493 e. The SMILES string of the molecule is Nc1nc2ccccc2n1C1CCOc2ccccc21. The minimum Gasteiger partial charge on any atom is -0.493 e. The Labute approximate surface area is 116 Å². The zero-order valence-corrected chi connectivity index (χ0v) is 11.0. The van der Waals surface area contributed by atoms with Gasteiger partial charge in [-0.1, -0.05) is 30.3 Å². The summed E-state index contributed by atoms with van der Waals surface area (Å²) in [6.07, 6.45) is 0.904. The third-order valence-corrected chi connectivity index (χ3v) is 3.86. The van der Waals surface area contributed by atoms with Crippen molar-refractivity contribution in [3.05, 3.63) is 54.1 Å². The summed E-state index contributed by atoms with van der Waals surface area (Å²) in [6, 6.07) is 16.4. The molecule has 0 fully saturated rings. The third-order valence-electron chi connectivity index (χ3n) is 3.86. The number of anilines is 1. The van der Waals surface area contributed by atoms with E-state index in [4.69, 9.17) is 10.5 Å². The van der Waals surface area contributed by atoms with Gasteiger partial charge in [-0.3, -0.25) is 0 Å². The predicted octanol–water partition coefficient (Wildman–Crippen LogP) is 2.99. The smallest absolute Gasteiger partial charge is 0.201 e. The molecule has 2 N–H and O–H groups in total. The Morgan fingerprint density at radius 2 is 1.90 bits per heavy atom. The summed E-state index contributed by atoms with van der Waals surface area (Å²) in [5.74, 6) is 1.51. The molecule has 1 aliphatic rings. The van der Waals surface area contributed by atoms with Crippen molar-refractivity contribution in [2.45, 2.75) is 12.5 Å². The van der Waals surface area contributed by atoms with Gasteiger partial charge in [0.25, 0.3) is 0 Å². The van der Waals surface area contributed by atoms with Crippen LogP contribution in [-0.4, -0.2) is 16.2 Å². The van der Waals surface area contributed by atoms with Crippen molar-refractivity contribution < 1.29 is 4.74 Å². The highest BCUT2D eigenvalue weighted by atomic mass is 16.5. The molecule has 1 aromatic heterocycles. The highest BCUT2D eigenvalue weighted by Gasteiger charge is 2.25. The first kappa shape index (κ1) is 11.3. The number of benzene rings is 2. The highest BCUT2D eigenvalue weighted by Crippen LogP contribution is 2.37. The predicted molar refractivity (Wildman–Crippen MR) is 78.8 cm³/mol. The van der Waals surface area contributed by atoms with E-state index in [9.17, 15) is 0 Å². The first-order valence-corrected chi connectivity index (χ1v) is 6.79. The van der Waals surface area contributed by atoms with Gasteiger partial charge >= 0.3 is 0 Å². The number of hydrogen-bond donors (Lipinski definition) is 1. The zero-order valence-electron chi connectivity index (χ0n) is 11.0. The monoisotopic (exact) mass is 265 g/mol. The van der Waals surface area contributed by atoms with Crippen LogP contribution in [0.5, 0.6) is 5.75 Å². The van der Waals surface area contributed by atoms with E-state index < -0.39 is 0 Å². The summed E-state index contributed by atoms with van der Waals surface area (Å²) in [5, 5.41) is 0. The number of fused-ring (bicyclic) bond motifs is 2. The van der Waals surface area contributed by atoms with Crippen LogP contribution in [0, 0.1) is 0 Å². The Balaban J connectivity index is 1.95. The molecule has 1 atom stereocenters. The molecule has 2 heterocycles. The lowest BCUT2D eigenvalue weighted by atomic mass is 10.00. The van der Waals surface area contributed by atoms with E-state index in [1.165, 1.54) is 5.56 Å². The number of para-hydroxylation sites is 3. The zero-order chi connectivity index (χ0) is 13.5. The standard InChI is InChI=1S/C16H15N3O/c17-16-18-12-6-2-3-7-14(12)19(16)13-9-10-20-15-8-4-1-5-11(13)15/h1-8,13H,9-10H2,(H2,17,18). The number of nitrogens with zero attached hydrogens (tertiary/aromatic N) is 2. The van der Waals surface area contributed by atoms with E-state index in [-0.39, 0.29) is 6.04 Å². The van der Waals surface area contributed by atoms with Gasteiger partial charge in [-0.05, 0) is 18.2 Å². The molecule has 0 aliphatic carbocycles. The van der Waals surface area contributed by atoms with Crippen molar-refractivity contribution >= 4 is 17.0 Å². The van der Waals surface area contributed by atoms with E-state index >= 15 is 0 Å². The second kappa shape index (κ2) is 4.27. The van der Waals surface area contributed by atoms with Gasteiger partial charge in [0.05, 0.1) is 23.7 Å². The molecule has 1 aliphatic heterocycles. The Bertz CT molecular complexity index is 778. The number of nitrogens with two attached hydrogens (primary N) is 1. The fourth-order valence-corrected chi connectivity index (χ4v) is 2.98. The van der Waals surface area contributed by atoms with Crippen LogP contribution in [0.1, 0.15) is 18.0 Å². The van der Waals surface area contributed by atoms with E-state index in [2.05, 4.69) is 21.7 Å². The van der Waals surface area contributed by atoms with Crippen molar-refractivity contribution in [2.75, 3.05) is 12.3 Å². The first-order chi connectivity index (χ1) is 9.84. The van der Waals surface area contributed by atoms with Gasteiger partial charge in [-0.25, -0.2) is 4.98 Å². The molecule has 4 heteroatoms. The summed E-state index contributed by atoms with van der Waals surface area (Å²) in [7, 11) is 0. The van der Waals surface area contributed by atoms with Crippen LogP contribution in [0.25, 0.3) is 11.0 Å². The molecule has 0 bridgehead atoms. The molecule has 0 amide bonds. The van der Waals surface area contributed by atoms with Gasteiger partial charge in [-0.2, -0.15) is 0 Å². The van der Waals surface area contributed by atoms with Gasteiger partial charge in [0.1, 0.15) is 5.75 Å². The van der Waals surface area contributed by atoms with E-state index in [1.54, 1.807) is 0 Å². The van der Waals surface area contributed by atoms with Crippen LogP contribution in [-0.2, 0) is 0 Å². The molecule has 1 unspecified atom stereocenters. The Morgan fingerprint density at radius 1 is 1.10 bits per heavy atom. The lowest BCUT2D eigenvalue weighted by Gasteiger charge is -2.28. The van der Waals surface area contributed by atoms with Gasteiger partial charge in [0, 0.05) is 12.0 Å². The van der Waals surface area contributed by atoms with Crippen LogP contribution >= 0.6 is 0 Å². The molecule has 3 aromatic rings. The summed E-state index contributed by atoms with van der Waals surface area (Å²) in [4.78, 5) is 4.46. The van der Waals surface area contributed by atoms with Gasteiger partial charge < -0.3 is 15.0 Å². The number of ether oxygens (including phenoxy) is 1. The third kappa shape index (κ3) is 1.58. The molecular formula is C16H15N3O. The molecule has 2 aromatic carbocycles. The maximum absolute atomic E-state index is 6.15. The van der Waals surface area contributed by atoms with Crippen molar-refractivity contribution in [3.63, 3.8) is 0 Å². The van der Waals surface area contributed by atoms with Crippen LogP contribution in [0.2, 0.25) is 0 Å². The highest BCUT2D eigenvalue weighted by molar-refractivity contribution is 5.78. The van der Waals surface area contributed by atoms with Gasteiger partial charge in [-0.15, -0.1) is 0 Å². The van der Waals surface area contributed by atoms with E-state index in [1.807, 2.05) is 36.4 Å². The quantitative estimate of drug-likeness (QED) is 0.736. The first-order valence-electron chi connectivity index (χ1n) is 6.79. The second-order valence-electron chi connectivity index (χ2n) is 5.02. The van der Waals surface area contributed by atoms with E-state index in [0.717, 1.165) is 23.2 Å². The summed E-state index contributed by atoms with van der Waals surface area (Å²) in [5.41, 5.74) is 9.34. The van der Waals surface area contributed by atoms with Crippen LogP contribution in [0.4, 0.5) is 5.95 Å². The lowest BCUT2D eigenvalue weighted by Crippen LogP contribution is -2.21. The summed E-state index contributed by atoms with van der Waals surface area (Å²) >= 11 is 0. The maximum Gasteiger partial charge on any atom is 0.201 e. The molecule has 20 heavy (non-hydrogen) atoms. The Morgan fingerprint density at radius 3 is 2.85 bits per heavy atom. The minimum absolute atomic E-state index is 0.187.